The topological polar surface area (TPSA) is 16.6 Å². The number of hydrogen-bond acceptors (Lipinski definition) is 0. The fraction of sp³-hybridized carbons (Fsp3) is 1.00. The maximum atomic E-state index is 13.4. The minimum Gasteiger partial charge on any atom is -0.315 e. The Hall–Kier alpha value is -0.460. The van der Waals surface area contributed by atoms with E-state index in [4.69, 9.17) is 0 Å². The van der Waals surface area contributed by atoms with Gasteiger partial charge in [-0.25, -0.2) is 17.6 Å². The van der Waals surface area contributed by atoms with Gasteiger partial charge in [0.2, 0.25) is 6.30 Å². The molecule has 0 aliphatic heterocycles. The second kappa shape index (κ2) is 12.1. The van der Waals surface area contributed by atoms with Gasteiger partial charge in [-0.3, -0.25) is 4.39 Å². The van der Waals surface area contributed by atoms with Crippen LogP contribution in [0.15, 0.2) is 0 Å². The van der Waals surface area contributed by atoms with Crippen molar-refractivity contribution in [3.63, 3.8) is 0 Å². The van der Waals surface area contributed by atoms with Crippen LogP contribution in [0.25, 0.3) is 0 Å². The van der Waals surface area contributed by atoms with Crippen molar-refractivity contribution in [2.75, 3.05) is 13.2 Å². The first kappa shape index (κ1) is 20.5. The van der Waals surface area contributed by atoms with E-state index in [0.717, 1.165) is 12.2 Å². The van der Waals surface area contributed by atoms with Crippen molar-refractivity contribution in [3.05, 3.63) is 0 Å². The molecule has 0 aromatic heterocycles. The lowest BCUT2D eigenvalue weighted by Crippen LogP contribution is -2.90. The zero-order chi connectivity index (χ0) is 16.3. The lowest BCUT2D eigenvalue weighted by Gasteiger charge is -2.15. The van der Waals surface area contributed by atoms with Crippen LogP contribution in [0.1, 0.15) is 45.4 Å². The van der Waals surface area contributed by atoms with Crippen LogP contribution in [0.4, 0.5) is 26.3 Å². The van der Waals surface area contributed by atoms with Crippen LogP contribution in [-0.4, -0.2) is 44.2 Å². The quantitative estimate of drug-likeness (QED) is 0.303. The Balaban J connectivity index is 3.73. The highest BCUT2D eigenvalue weighted by Gasteiger charge is 2.26. The standard InChI is InChI=1S/C14H25F6N/c1-10(16)11(17)6-7-12(18)13(19)9-21-14(20)5-3-2-4-8-15/h10-14,21H,2-9H2,1H3/p+1. The van der Waals surface area contributed by atoms with Gasteiger partial charge in [0.1, 0.15) is 25.1 Å². The molecule has 0 heterocycles. The minimum absolute atomic E-state index is 0.162. The molecule has 0 aliphatic rings. The summed E-state index contributed by atoms with van der Waals surface area (Å²) in [6.45, 7) is 0.187. The molecule has 2 N–H and O–H groups in total. The van der Waals surface area contributed by atoms with Crippen molar-refractivity contribution in [3.8, 4) is 0 Å². The van der Waals surface area contributed by atoms with E-state index in [0.29, 0.717) is 19.3 Å². The number of quaternary nitrogens is 1. The van der Waals surface area contributed by atoms with E-state index in [1.165, 1.54) is 0 Å². The lowest BCUT2D eigenvalue weighted by molar-refractivity contribution is -0.717. The van der Waals surface area contributed by atoms with Crippen molar-refractivity contribution in [2.24, 2.45) is 0 Å². The molecule has 0 rings (SSSR count). The van der Waals surface area contributed by atoms with Crippen molar-refractivity contribution in [2.45, 2.75) is 76.4 Å². The predicted molar refractivity (Wildman–Crippen MR) is 70.6 cm³/mol. The fourth-order valence-electron chi connectivity index (χ4n) is 1.88. The Kier molecular flexibility index (Phi) is 11.9. The number of unbranched alkanes of at least 4 members (excludes halogenated alkanes) is 2. The third-order valence-corrected chi connectivity index (χ3v) is 3.34. The highest BCUT2D eigenvalue weighted by atomic mass is 19.2. The van der Waals surface area contributed by atoms with Gasteiger partial charge in [0.05, 0.1) is 6.67 Å². The zero-order valence-electron chi connectivity index (χ0n) is 12.4. The highest BCUT2D eigenvalue weighted by molar-refractivity contribution is 4.71. The second-order valence-electron chi connectivity index (χ2n) is 5.33. The summed E-state index contributed by atoms with van der Waals surface area (Å²) in [5.41, 5.74) is 0. The highest BCUT2D eigenvalue weighted by Crippen LogP contribution is 2.16. The first-order valence-corrected chi connectivity index (χ1v) is 7.48. The molecule has 7 heteroatoms. The smallest absolute Gasteiger partial charge is 0.229 e. The third-order valence-electron chi connectivity index (χ3n) is 3.34. The predicted octanol–water partition coefficient (Wildman–Crippen LogP) is 3.53. The van der Waals surface area contributed by atoms with E-state index in [9.17, 15) is 26.3 Å². The van der Waals surface area contributed by atoms with Crippen molar-refractivity contribution < 1.29 is 31.7 Å². The number of hydrogen-bond donors (Lipinski definition) is 1. The van der Waals surface area contributed by atoms with Crippen LogP contribution in [-0.2, 0) is 0 Å². The molecule has 21 heavy (non-hydrogen) atoms. The van der Waals surface area contributed by atoms with Gasteiger partial charge in [0.15, 0.2) is 6.17 Å². The molecule has 0 fully saturated rings. The molecule has 0 aromatic carbocycles. The van der Waals surface area contributed by atoms with Gasteiger partial charge in [-0.1, -0.05) is 6.42 Å². The Morgan fingerprint density at radius 2 is 1.38 bits per heavy atom. The molecular weight excluding hydrogens is 296 g/mol. The fourth-order valence-corrected chi connectivity index (χ4v) is 1.88. The molecule has 0 saturated carbocycles. The van der Waals surface area contributed by atoms with Crippen molar-refractivity contribution >= 4 is 0 Å². The van der Waals surface area contributed by atoms with Crippen molar-refractivity contribution in [1.29, 1.82) is 0 Å². The first-order chi connectivity index (χ1) is 9.88. The van der Waals surface area contributed by atoms with E-state index in [1.54, 1.807) is 0 Å². The first-order valence-electron chi connectivity index (χ1n) is 7.48. The van der Waals surface area contributed by atoms with E-state index >= 15 is 0 Å². The number of halogens is 6. The summed E-state index contributed by atoms with van der Waals surface area (Å²) in [6, 6.07) is 0. The van der Waals surface area contributed by atoms with Crippen LogP contribution in [0, 0.1) is 0 Å². The Bertz CT molecular complexity index is 242. The van der Waals surface area contributed by atoms with Gasteiger partial charge in [0, 0.05) is 6.42 Å². The van der Waals surface area contributed by atoms with E-state index in [-0.39, 0.29) is 12.8 Å². The number of nitrogens with two attached hydrogens (primary N) is 1. The molecule has 5 atom stereocenters. The van der Waals surface area contributed by atoms with Gasteiger partial charge in [-0.05, 0) is 32.6 Å². The molecule has 0 aliphatic carbocycles. The average molecular weight is 322 g/mol. The summed E-state index contributed by atoms with van der Waals surface area (Å²) >= 11 is 0. The maximum Gasteiger partial charge on any atom is 0.229 e. The van der Waals surface area contributed by atoms with E-state index in [2.05, 4.69) is 0 Å². The van der Waals surface area contributed by atoms with Crippen LogP contribution in [0.5, 0.6) is 0 Å². The Morgan fingerprint density at radius 1 is 0.762 bits per heavy atom. The summed E-state index contributed by atoms with van der Waals surface area (Å²) in [6.07, 6.45) is -7.89. The zero-order valence-corrected chi connectivity index (χ0v) is 12.4. The van der Waals surface area contributed by atoms with Gasteiger partial charge in [0.25, 0.3) is 0 Å². The van der Waals surface area contributed by atoms with E-state index < -0.39 is 50.6 Å². The molecule has 0 amide bonds. The summed E-state index contributed by atoms with van der Waals surface area (Å²) < 4.78 is 77.3. The molecule has 128 valence electrons. The maximum absolute atomic E-state index is 13.4. The third kappa shape index (κ3) is 10.8. The minimum atomic E-state index is -1.92. The van der Waals surface area contributed by atoms with Crippen LogP contribution < -0.4 is 5.32 Å². The van der Waals surface area contributed by atoms with Gasteiger partial charge in [-0.15, -0.1) is 0 Å². The van der Waals surface area contributed by atoms with Crippen LogP contribution >= 0.6 is 0 Å². The second-order valence-corrected chi connectivity index (χ2v) is 5.33. The summed E-state index contributed by atoms with van der Waals surface area (Å²) in [5.74, 6) is 0. The monoisotopic (exact) mass is 322 g/mol. The summed E-state index contributed by atoms with van der Waals surface area (Å²) in [5, 5.41) is 1.05. The summed E-state index contributed by atoms with van der Waals surface area (Å²) in [7, 11) is 0. The lowest BCUT2D eigenvalue weighted by atomic mass is 10.1. The molecule has 5 unspecified atom stereocenters. The molecule has 0 radical (unpaired) electrons. The van der Waals surface area contributed by atoms with Crippen LogP contribution in [0.3, 0.4) is 0 Å². The average Bonchev–Trinajstić information content (AvgIpc) is 2.46. The molecule has 0 saturated heterocycles. The number of alkyl halides is 6. The number of rotatable bonds is 13. The van der Waals surface area contributed by atoms with Gasteiger partial charge in [-0.2, -0.15) is 4.39 Å². The molecule has 0 bridgehead atoms. The van der Waals surface area contributed by atoms with Gasteiger partial charge < -0.3 is 5.32 Å². The largest absolute Gasteiger partial charge is 0.315 e. The van der Waals surface area contributed by atoms with Gasteiger partial charge >= 0.3 is 0 Å². The van der Waals surface area contributed by atoms with Crippen molar-refractivity contribution in [1.82, 2.24) is 0 Å². The molecule has 1 nitrogen and oxygen atoms in total. The Labute approximate surface area is 122 Å². The molecule has 0 spiro atoms. The Morgan fingerprint density at radius 3 is 1.95 bits per heavy atom. The normalized spacial score (nSPS) is 19.0. The van der Waals surface area contributed by atoms with E-state index in [1.807, 2.05) is 0 Å². The summed E-state index contributed by atoms with van der Waals surface area (Å²) in [4.78, 5) is 0. The van der Waals surface area contributed by atoms with Crippen LogP contribution in [0.2, 0.25) is 0 Å². The SMILES string of the molecule is CC(F)C(F)CCC(F)C(F)C[NH2+]C(F)CCCCCF. The molecular formula is C14H26F6N+. The molecule has 0 aromatic rings.